The van der Waals surface area contributed by atoms with Gasteiger partial charge in [-0.2, -0.15) is 0 Å². The quantitative estimate of drug-likeness (QED) is 0.164. The SMILES string of the molecule is c1ccc(-n2c(-c3ccc(-c4nc(-c5ccc6sc7ccccc7c6c5)nc(-c5ccc6c7ccccc7c7ccccc7c6c5)n4)cc3)nc3ccccc32)cc1. The zero-order valence-corrected chi connectivity index (χ0v) is 31.9. The van der Waals surface area contributed by atoms with Crippen molar-refractivity contribution in [1.82, 2.24) is 24.5 Å². The van der Waals surface area contributed by atoms with Gasteiger partial charge >= 0.3 is 0 Å². The summed E-state index contributed by atoms with van der Waals surface area (Å²) in [6, 6.07) is 66.2. The van der Waals surface area contributed by atoms with Gasteiger partial charge in [0.25, 0.3) is 0 Å². The number of imidazole rings is 1. The van der Waals surface area contributed by atoms with Crippen LogP contribution in [0.15, 0.2) is 188 Å². The summed E-state index contributed by atoms with van der Waals surface area (Å²) >= 11 is 1.81. The monoisotopic (exact) mass is 757 g/mol. The highest BCUT2D eigenvalue weighted by molar-refractivity contribution is 7.25. The Kier molecular flexibility index (Phi) is 7.33. The van der Waals surface area contributed by atoms with Crippen LogP contribution in [0.1, 0.15) is 0 Å². The van der Waals surface area contributed by atoms with Gasteiger partial charge in [0.2, 0.25) is 0 Å². The first-order valence-electron chi connectivity index (χ1n) is 19.4. The van der Waals surface area contributed by atoms with Gasteiger partial charge in [0.15, 0.2) is 17.5 Å². The van der Waals surface area contributed by atoms with Crippen molar-refractivity contribution >= 4 is 74.9 Å². The number of rotatable bonds is 5. The van der Waals surface area contributed by atoms with Crippen LogP contribution in [0, 0.1) is 0 Å². The number of benzene rings is 9. The lowest BCUT2D eigenvalue weighted by atomic mass is 9.93. The fourth-order valence-corrected chi connectivity index (χ4v) is 9.59. The Labute approximate surface area is 337 Å². The maximum absolute atomic E-state index is 5.22. The molecule has 9 aromatic carbocycles. The van der Waals surface area contributed by atoms with Gasteiger partial charge in [-0.05, 0) is 86.9 Å². The van der Waals surface area contributed by atoms with Crippen LogP contribution < -0.4 is 0 Å². The molecule has 0 aliphatic heterocycles. The van der Waals surface area contributed by atoms with E-state index in [1.165, 1.54) is 52.5 Å². The predicted molar refractivity (Wildman–Crippen MR) is 242 cm³/mol. The summed E-state index contributed by atoms with van der Waals surface area (Å²) < 4.78 is 4.73. The summed E-state index contributed by atoms with van der Waals surface area (Å²) in [6.45, 7) is 0. The average molecular weight is 758 g/mol. The summed E-state index contributed by atoms with van der Waals surface area (Å²) in [6.07, 6.45) is 0. The van der Waals surface area contributed by atoms with Gasteiger partial charge < -0.3 is 0 Å². The maximum Gasteiger partial charge on any atom is 0.164 e. The summed E-state index contributed by atoms with van der Waals surface area (Å²) in [5, 5.41) is 9.75. The molecule has 0 radical (unpaired) electrons. The average Bonchev–Trinajstić information content (AvgIpc) is 3.88. The number of nitrogens with zero attached hydrogens (tertiary/aromatic N) is 5. The smallest absolute Gasteiger partial charge is 0.164 e. The highest BCUT2D eigenvalue weighted by atomic mass is 32.1. The van der Waals surface area contributed by atoms with Crippen molar-refractivity contribution in [2.24, 2.45) is 0 Å². The molecule has 0 spiro atoms. The summed E-state index contributed by atoms with van der Waals surface area (Å²) in [4.78, 5) is 20.7. The molecule has 3 heterocycles. The minimum atomic E-state index is 0.613. The second-order valence-electron chi connectivity index (χ2n) is 14.6. The number of hydrogen-bond acceptors (Lipinski definition) is 5. The fourth-order valence-electron chi connectivity index (χ4n) is 8.50. The van der Waals surface area contributed by atoms with Crippen LogP contribution in [0.5, 0.6) is 0 Å². The zero-order chi connectivity index (χ0) is 38.2. The molecule has 3 aromatic heterocycles. The van der Waals surface area contributed by atoms with E-state index in [9.17, 15) is 0 Å². The van der Waals surface area contributed by atoms with E-state index in [0.29, 0.717) is 17.5 Å². The van der Waals surface area contributed by atoms with Gasteiger partial charge in [0.1, 0.15) is 5.82 Å². The topological polar surface area (TPSA) is 56.5 Å². The van der Waals surface area contributed by atoms with E-state index >= 15 is 0 Å². The van der Waals surface area contributed by atoms with Gasteiger partial charge in [0, 0.05) is 48.1 Å². The number of thiophene rings is 1. The third kappa shape index (κ3) is 5.23. The van der Waals surface area contributed by atoms with Crippen LogP contribution in [0.2, 0.25) is 0 Å². The Morgan fingerprint density at radius 3 is 1.52 bits per heavy atom. The molecule has 0 fully saturated rings. The first-order valence-corrected chi connectivity index (χ1v) is 20.2. The lowest BCUT2D eigenvalue weighted by Crippen LogP contribution is -2.01. The highest BCUT2D eigenvalue weighted by Crippen LogP contribution is 2.39. The van der Waals surface area contributed by atoms with E-state index in [1.54, 1.807) is 0 Å². The molecule has 0 saturated heterocycles. The normalized spacial score (nSPS) is 11.8. The van der Waals surface area contributed by atoms with Crippen molar-refractivity contribution in [2.45, 2.75) is 0 Å². The van der Waals surface area contributed by atoms with Gasteiger partial charge in [-0.1, -0.05) is 133 Å². The van der Waals surface area contributed by atoms with Crippen LogP contribution in [-0.4, -0.2) is 24.5 Å². The first kappa shape index (κ1) is 32.7. The Hall–Kier alpha value is -7.54. The lowest BCUT2D eigenvalue weighted by molar-refractivity contribution is 1.07. The van der Waals surface area contributed by atoms with E-state index in [0.717, 1.165) is 44.8 Å². The van der Waals surface area contributed by atoms with Crippen molar-refractivity contribution in [3.05, 3.63) is 188 Å². The van der Waals surface area contributed by atoms with Crippen molar-refractivity contribution in [1.29, 1.82) is 0 Å². The van der Waals surface area contributed by atoms with Gasteiger partial charge in [0.05, 0.1) is 11.0 Å². The minimum Gasteiger partial charge on any atom is -0.292 e. The molecule has 270 valence electrons. The van der Waals surface area contributed by atoms with Crippen LogP contribution in [0.25, 0.3) is 115 Å². The van der Waals surface area contributed by atoms with Crippen LogP contribution >= 0.6 is 11.3 Å². The molecule has 0 bridgehead atoms. The summed E-state index contributed by atoms with van der Waals surface area (Å²) in [5.74, 6) is 2.75. The molecule has 0 amide bonds. The second-order valence-corrected chi connectivity index (χ2v) is 15.7. The Morgan fingerprint density at radius 2 is 0.810 bits per heavy atom. The van der Waals surface area contributed by atoms with Gasteiger partial charge in [-0.15, -0.1) is 11.3 Å². The molecule has 0 aliphatic rings. The van der Waals surface area contributed by atoms with Crippen molar-refractivity contribution in [3.63, 3.8) is 0 Å². The first-order chi connectivity index (χ1) is 28.7. The number of hydrogen-bond donors (Lipinski definition) is 0. The number of aromatic nitrogens is 5. The van der Waals surface area contributed by atoms with E-state index < -0.39 is 0 Å². The van der Waals surface area contributed by atoms with Crippen LogP contribution in [-0.2, 0) is 0 Å². The zero-order valence-electron chi connectivity index (χ0n) is 31.0. The largest absolute Gasteiger partial charge is 0.292 e. The van der Waals surface area contributed by atoms with E-state index in [1.807, 2.05) is 23.5 Å². The molecule has 12 aromatic rings. The molecular formula is C52H31N5S. The third-order valence-corrected chi connectivity index (χ3v) is 12.4. The summed E-state index contributed by atoms with van der Waals surface area (Å²) in [5.41, 5.74) is 6.86. The van der Waals surface area contributed by atoms with Crippen LogP contribution in [0.3, 0.4) is 0 Å². The second kappa shape index (κ2) is 13.0. The van der Waals surface area contributed by atoms with Gasteiger partial charge in [-0.3, -0.25) is 4.57 Å². The molecule has 0 unspecified atom stereocenters. The molecule has 0 atom stereocenters. The molecule has 0 aliphatic carbocycles. The van der Waals surface area contributed by atoms with Crippen LogP contribution in [0.4, 0.5) is 0 Å². The summed E-state index contributed by atoms with van der Waals surface area (Å²) in [7, 11) is 0. The Morgan fingerprint density at radius 1 is 0.328 bits per heavy atom. The standard InChI is InChI=1S/C52H31N5S/c1-2-12-36(13-3-1)57-46-20-10-9-19-45(46)53-52(57)33-24-22-32(23-25-33)49-54-50(56-51(55-49)35-27-29-48-44(31-35)42-18-8-11-21-47(42)58-48)34-26-28-41-39-16-5-4-14-37(39)38-15-6-7-17-40(38)43(41)30-34/h1-31H. The Balaban J connectivity index is 1.04. The highest BCUT2D eigenvalue weighted by Gasteiger charge is 2.18. The van der Waals surface area contributed by atoms with E-state index in [4.69, 9.17) is 19.9 Å². The molecule has 6 heteroatoms. The van der Waals surface area contributed by atoms with E-state index in [2.05, 4.69) is 180 Å². The maximum atomic E-state index is 5.22. The lowest BCUT2D eigenvalue weighted by Gasteiger charge is -2.13. The third-order valence-electron chi connectivity index (χ3n) is 11.2. The fraction of sp³-hybridized carbons (Fsp3) is 0. The van der Waals surface area contributed by atoms with Crippen molar-refractivity contribution in [2.75, 3.05) is 0 Å². The molecular weight excluding hydrogens is 727 g/mol. The predicted octanol–water partition coefficient (Wildman–Crippen LogP) is 13.7. The van der Waals surface area contributed by atoms with Gasteiger partial charge in [-0.25, -0.2) is 19.9 Å². The van der Waals surface area contributed by atoms with Crippen molar-refractivity contribution < 1.29 is 0 Å². The molecule has 12 rings (SSSR count). The molecule has 58 heavy (non-hydrogen) atoms. The molecule has 0 saturated carbocycles. The molecule has 0 N–H and O–H groups in total. The Bertz CT molecular complexity index is 3530. The minimum absolute atomic E-state index is 0.613. The van der Waals surface area contributed by atoms with E-state index in [-0.39, 0.29) is 0 Å². The number of para-hydroxylation sites is 3. The number of fused-ring (bicyclic) bond motifs is 10. The van der Waals surface area contributed by atoms with Crippen molar-refractivity contribution in [3.8, 4) is 51.2 Å². The molecule has 5 nitrogen and oxygen atoms in total.